The molecule has 3 aromatic heterocycles. The molecule has 0 saturated carbocycles. The third kappa shape index (κ3) is 3.91. The number of carbonyl (C=O) groups is 1. The lowest BCUT2D eigenvalue weighted by Gasteiger charge is -2.35. The molecule has 1 aliphatic rings. The van der Waals surface area contributed by atoms with Crippen molar-refractivity contribution in [2.45, 2.75) is 39.3 Å². The molecule has 31 heavy (non-hydrogen) atoms. The van der Waals surface area contributed by atoms with Crippen LogP contribution < -0.4 is 5.32 Å². The highest BCUT2D eigenvalue weighted by molar-refractivity contribution is 5.93. The van der Waals surface area contributed by atoms with Gasteiger partial charge >= 0.3 is 0 Å². The van der Waals surface area contributed by atoms with E-state index in [2.05, 4.69) is 46.2 Å². The largest absolute Gasteiger partial charge is 0.461 e. The van der Waals surface area contributed by atoms with Crippen LogP contribution in [0, 0.1) is 5.41 Å². The Hall–Kier alpha value is -3.61. The quantitative estimate of drug-likeness (QED) is 0.513. The van der Waals surface area contributed by atoms with Crippen molar-refractivity contribution in [2.75, 3.05) is 0 Å². The monoisotopic (exact) mass is 416 g/mol. The van der Waals surface area contributed by atoms with Gasteiger partial charge in [-0.1, -0.05) is 49.3 Å². The molecule has 1 amide bonds. The molecule has 0 aliphatic heterocycles. The first-order valence-corrected chi connectivity index (χ1v) is 10.4. The molecule has 1 atom stereocenters. The summed E-state index contributed by atoms with van der Waals surface area (Å²) in [6, 6.07) is 15.3. The third-order valence-corrected chi connectivity index (χ3v) is 5.75. The smallest absolute Gasteiger partial charge is 0.273 e. The fourth-order valence-corrected chi connectivity index (χ4v) is 4.27. The molecule has 158 valence electrons. The number of carbonyl (C=O) groups excluding carboxylic acids is 1. The number of aromatic nitrogens is 3. The minimum absolute atomic E-state index is 0.0303. The molecule has 0 fully saturated rings. The van der Waals surface area contributed by atoms with Crippen molar-refractivity contribution in [3.05, 3.63) is 83.5 Å². The molecule has 0 bridgehead atoms. The van der Waals surface area contributed by atoms with Gasteiger partial charge in [-0.05, 0) is 36.0 Å². The highest BCUT2D eigenvalue weighted by atomic mass is 16.5. The minimum atomic E-state index is -0.272. The van der Waals surface area contributed by atoms with Crippen LogP contribution in [-0.4, -0.2) is 20.8 Å². The first-order chi connectivity index (χ1) is 15.0. The van der Waals surface area contributed by atoms with Gasteiger partial charge in [0.1, 0.15) is 0 Å². The van der Waals surface area contributed by atoms with Gasteiger partial charge in [-0.2, -0.15) is 5.10 Å². The summed E-state index contributed by atoms with van der Waals surface area (Å²) in [5.74, 6) is 0.691. The lowest BCUT2D eigenvalue weighted by molar-refractivity contribution is 0.0910. The molecule has 1 N–H and O–H groups in total. The topological polar surface area (TPSA) is 86.1 Å². The van der Waals surface area contributed by atoms with E-state index in [1.54, 1.807) is 24.5 Å². The molecule has 0 saturated heterocycles. The van der Waals surface area contributed by atoms with E-state index in [0.29, 0.717) is 18.1 Å². The predicted octanol–water partition coefficient (Wildman–Crippen LogP) is 4.62. The Kier molecular flexibility index (Phi) is 4.73. The van der Waals surface area contributed by atoms with E-state index >= 15 is 0 Å². The number of furan rings is 1. The average Bonchev–Trinajstić information content (AvgIpc) is 3.49. The van der Waals surface area contributed by atoms with Crippen molar-refractivity contribution in [3.63, 3.8) is 0 Å². The maximum atomic E-state index is 12.9. The van der Waals surface area contributed by atoms with Crippen molar-refractivity contribution in [2.24, 2.45) is 5.41 Å². The second-order valence-corrected chi connectivity index (χ2v) is 8.81. The molecular formula is C24H24N4O3. The zero-order valence-corrected chi connectivity index (χ0v) is 17.5. The van der Waals surface area contributed by atoms with E-state index in [-0.39, 0.29) is 23.1 Å². The van der Waals surface area contributed by atoms with Gasteiger partial charge in [-0.3, -0.25) is 9.48 Å². The standard InChI is InChI=1S/C24H24N4O3/c1-24(2)12-19(26-23(29)18-11-22(31-27-18)21-9-6-10-30-21)17-14-25-28(20(17)13-24)15-16-7-4-3-5-8-16/h3-11,14,19H,12-13,15H2,1-2H3,(H,26,29)/t19-/m1/s1. The van der Waals surface area contributed by atoms with E-state index in [1.165, 1.54) is 11.3 Å². The van der Waals surface area contributed by atoms with E-state index < -0.39 is 0 Å². The molecule has 0 unspecified atom stereocenters. The summed E-state index contributed by atoms with van der Waals surface area (Å²) in [5, 5.41) is 11.7. The Balaban J connectivity index is 1.38. The average molecular weight is 416 g/mol. The number of amides is 1. The van der Waals surface area contributed by atoms with Crippen molar-refractivity contribution in [1.82, 2.24) is 20.3 Å². The highest BCUT2D eigenvalue weighted by Crippen LogP contribution is 2.41. The first kappa shape index (κ1) is 19.4. The van der Waals surface area contributed by atoms with Crippen LogP contribution in [0.3, 0.4) is 0 Å². The maximum Gasteiger partial charge on any atom is 0.273 e. The van der Waals surface area contributed by atoms with Crippen molar-refractivity contribution in [1.29, 1.82) is 0 Å². The molecule has 4 aromatic rings. The van der Waals surface area contributed by atoms with Crippen molar-refractivity contribution < 1.29 is 13.7 Å². The summed E-state index contributed by atoms with van der Waals surface area (Å²) in [6.07, 6.45) is 5.17. The van der Waals surface area contributed by atoms with Gasteiger partial charge < -0.3 is 14.3 Å². The second kappa shape index (κ2) is 7.58. The number of nitrogens with one attached hydrogen (secondary N) is 1. The Morgan fingerprint density at radius 1 is 1.19 bits per heavy atom. The van der Waals surface area contributed by atoms with E-state index in [1.807, 2.05) is 24.4 Å². The van der Waals surface area contributed by atoms with Crippen LogP contribution in [0.5, 0.6) is 0 Å². The van der Waals surface area contributed by atoms with Crippen LogP contribution in [0.1, 0.15) is 53.6 Å². The van der Waals surface area contributed by atoms with Crippen LogP contribution >= 0.6 is 0 Å². The molecule has 1 aromatic carbocycles. The predicted molar refractivity (Wildman–Crippen MR) is 114 cm³/mol. The molecule has 5 rings (SSSR count). The Morgan fingerprint density at radius 2 is 2.03 bits per heavy atom. The zero-order chi connectivity index (χ0) is 21.4. The second-order valence-electron chi connectivity index (χ2n) is 8.81. The van der Waals surface area contributed by atoms with Gasteiger partial charge in [-0.25, -0.2) is 0 Å². The Morgan fingerprint density at radius 3 is 2.81 bits per heavy atom. The summed E-state index contributed by atoms with van der Waals surface area (Å²) >= 11 is 0. The van der Waals surface area contributed by atoms with Crippen molar-refractivity contribution >= 4 is 5.91 Å². The molecule has 0 radical (unpaired) electrons. The van der Waals surface area contributed by atoms with Crippen LogP contribution in [-0.2, 0) is 13.0 Å². The lowest BCUT2D eigenvalue weighted by Crippen LogP contribution is -2.37. The van der Waals surface area contributed by atoms with Crippen LogP contribution in [0.25, 0.3) is 11.5 Å². The van der Waals surface area contributed by atoms with Crippen LogP contribution in [0.15, 0.2) is 69.9 Å². The first-order valence-electron chi connectivity index (χ1n) is 10.4. The number of benzene rings is 1. The molecule has 3 heterocycles. The van der Waals surface area contributed by atoms with Gasteiger partial charge in [0.2, 0.25) is 5.76 Å². The molecule has 7 nitrogen and oxygen atoms in total. The number of nitrogens with zero attached hydrogens (tertiary/aromatic N) is 3. The summed E-state index contributed by atoms with van der Waals surface area (Å²) in [5.41, 5.74) is 3.70. The molecule has 7 heteroatoms. The van der Waals surface area contributed by atoms with E-state index in [0.717, 1.165) is 18.4 Å². The summed E-state index contributed by atoms with van der Waals surface area (Å²) < 4.78 is 12.6. The van der Waals surface area contributed by atoms with Crippen LogP contribution in [0.4, 0.5) is 0 Å². The number of hydrogen-bond acceptors (Lipinski definition) is 5. The molecular weight excluding hydrogens is 392 g/mol. The molecule has 0 spiro atoms. The number of rotatable bonds is 5. The van der Waals surface area contributed by atoms with Gasteiger partial charge in [0.05, 0.1) is 25.0 Å². The summed E-state index contributed by atoms with van der Waals surface area (Å²) in [6.45, 7) is 5.16. The van der Waals surface area contributed by atoms with Gasteiger partial charge in [0.25, 0.3) is 5.91 Å². The fraction of sp³-hybridized carbons (Fsp3) is 0.292. The molecule has 1 aliphatic carbocycles. The van der Waals surface area contributed by atoms with Crippen molar-refractivity contribution in [3.8, 4) is 11.5 Å². The lowest BCUT2D eigenvalue weighted by atomic mass is 9.74. The number of hydrogen-bond donors (Lipinski definition) is 1. The van der Waals surface area contributed by atoms with Gasteiger partial charge in [-0.15, -0.1) is 0 Å². The Labute approximate surface area is 180 Å². The third-order valence-electron chi connectivity index (χ3n) is 5.75. The zero-order valence-electron chi connectivity index (χ0n) is 17.5. The van der Waals surface area contributed by atoms with Gasteiger partial charge in [0.15, 0.2) is 11.5 Å². The number of fused-ring (bicyclic) bond motifs is 1. The Bertz CT molecular complexity index is 1190. The van der Waals surface area contributed by atoms with Crippen LogP contribution in [0.2, 0.25) is 0 Å². The van der Waals surface area contributed by atoms with Gasteiger partial charge in [0, 0.05) is 17.3 Å². The normalized spacial score (nSPS) is 17.3. The minimum Gasteiger partial charge on any atom is -0.461 e. The SMILES string of the molecule is CC1(C)Cc2c(cnn2Cc2ccccc2)[C@H](NC(=O)c2cc(-c3ccco3)on2)C1. The maximum absolute atomic E-state index is 12.9. The van der Waals surface area contributed by atoms with E-state index in [4.69, 9.17) is 8.94 Å². The summed E-state index contributed by atoms with van der Waals surface area (Å²) in [7, 11) is 0. The highest BCUT2D eigenvalue weighted by Gasteiger charge is 2.36. The summed E-state index contributed by atoms with van der Waals surface area (Å²) in [4.78, 5) is 12.9. The fourth-order valence-electron chi connectivity index (χ4n) is 4.27. The van der Waals surface area contributed by atoms with E-state index in [9.17, 15) is 4.79 Å².